The van der Waals surface area contributed by atoms with E-state index < -0.39 is 5.97 Å². The van der Waals surface area contributed by atoms with E-state index in [0.29, 0.717) is 17.6 Å². The number of benzene rings is 1. The zero-order valence-corrected chi connectivity index (χ0v) is 15.3. The Morgan fingerprint density at radius 3 is 2.56 bits per heavy atom. The van der Waals surface area contributed by atoms with Crippen LogP contribution in [0.1, 0.15) is 56.5 Å². The Kier molecular flexibility index (Phi) is 11.3. The molecule has 0 aliphatic heterocycles. The standard InChI is InChI=1S/C18H20FNO3.C2H6/c1-4-7-17(19)10-14(5-2)12-20-23-13(3)15-8-6-9-16(11-15)18(21)22;1-2/h5-9,11-12H,3-4,10H2,1-2H3,(H,21,22);1-2H3/b14-5+,17-7+,20-12+;. The fraction of sp³-hybridized carbons (Fsp3) is 0.300. The Balaban J connectivity index is 0.00000277. The van der Waals surface area contributed by atoms with Crippen molar-refractivity contribution < 1.29 is 19.1 Å². The molecule has 1 N–H and O–H groups in total. The van der Waals surface area contributed by atoms with E-state index in [4.69, 9.17) is 9.94 Å². The first-order valence-corrected chi connectivity index (χ1v) is 8.20. The van der Waals surface area contributed by atoms with Gasteiger partial charge in [-0.3, -0.25) is 0 Å². The van der Waals surface area contributed by atoms with Crippen LogP contribution in [-0.4, -0.2) is 17.3 Å². The van der Waals surface area contributed by atoms with Crippen LogP contribution in [0.4, 0.5) is 4.39 Å². The van der Waals surface area contributed by atoms with Crippen molar-refractivity contribution in [1.29, 1.82) is 0 Å². The van der Waals surface area contributed by atoms with Crippen molar-refractivity contribution in [2.45, 2.75) is 40.5 Å². The third kappa shape index (κ3) is 8.65. The highest BCUT2D eigenvalue weighted by Gasteiger charge is 2.06. The van der Waals surface area contributed by atoms with E-state index in [1.54, 1.807) is 25.1 Å². The molecule has 0 aliphatic carbocycles. The van der Waals surface area contributed by atoms with Crippen LogP contribution in [0, 0.1) is 0 Å². The first kappa shape index (κ1) is 22.3. The molecule has 0 heterocycles. The minimum atomic E-state index is -1.03. The van der Waals surface area contributed by atoms with E-state index in [1.807, 2.05) is 20.8 Å². The molecule has 0 bridgehead atoms. The molecule has 1 aromatic carbocycles. The summed E-state index contributed by atoms with van der Waals surface area (Å²) >= 11 is 0. The molecule has 1 aromatic rings. The van der Waals surface area contributed by atoms with Crippen LogP contribution in [0.2, 0.25) is 0 Å². The van der Waals surface area contributed by atoms with Gasteiger partial charge in [0.15, 0.2) is 5.76 Å². The number of halogens is 1. The SMILES string of the molecule is C=C(O/N=C/C(=C/C)C/C(F)=C\CC)c1cccc(C(=O)O)c1.CC. The molecule has 0 fully saturated rings. The molecule has 0 amide bonds. The monoisotopic (exact) mass is 347 g/mol. The molecule has 0 unspecified atom stereocenters. The minimum Gasteiger partial charge on any atom is -0.478 e. The highest BCUT2D eigenvalue weighted by molar-refractivity contribution is 5.88. The molecular weight excluding hydrogens is 321 g/mol. The fourth-order valence-corrected chi connectivity index (χ4v) is 1.75. The molecule has 0 aromatic heterocycles. The molecule has 1 rings (SSSR count). The summed E-state index contributed by atoms with van der Waals surface area (Å²) in [7, 11) is 0. The van der Waals surface area contributed by atoms with Crippen LogP contribution in [0.15, 0.2) is 59.6 Å². The third-order valence-corrected chi connectivity index (χ3v) is 2.98. The topological polar surface area (TPSA) is 58.9 Å². The van der Waals surface area contributed by atoms with Gasteiger partial charge < -0.3 is 9.94 Å². The van der Waals surface area contributed by atoms with E-state index in [0.717, 1.165) is 0 Å². The van der Waals surface area contributed by atoms with Gasteiger partial charge in [0.25, 0.3) is 0 Å². The highest BCUT2D eigenvalue weighted by Crippen LogP contribution is 2.17. The van der Waals surface area contributed by atoms with Crippen LogP contribution >= 0.6 is 0 Å². The average molecular weight is 347 g/mol. The van der Waals surface area contributed by atoms with Crippen molar-refractivity contribution in [3.05, 3.63) is 65.5 Å². The lowest BCUT2D eigenvalue weighted by molar-refractivity contribution is 0.0697. The van der Waals surface area contributed by atoms with Gasteiger partial charge in [0.05, 0.1) is 11.8 Å². The fourth-order valence-electron chi connectivity index (χ4n) is 1.75. The second kappa shape index (κ2) is 12.7. The van der Waals surface area contributed by atoms with Crippen molar-refractivity contribution in [2.24, 2.45) is 5.16 Å². The van der Waals surface area contributed by atoms with E-state index in [2.05, 4.69) is 11.7 Å². The maximum absolute atomic E-state index is 13.5. The van der Waals surface area contributed by atoms with Crippen LogP contribution in [0.3, 0.4) is 0 Å². The van der Waals surface area contributed by atoms with Gasteiger partial charge >= 0.3 is 5.97 Å². The lowest BCUT2D eigenvalue weighted by Crippen LogP contribution is -1.97. The van der Waals surface area contributed by atoms with Gasteiger partial charge in [0.1, 0.15) is 5.83 Å². The zero-order valence-electron chi connectivity index (χ0n) is 15.3. The summed E-state index contributed by atoms with van der Waals surface area (Å²) in [6.07, 6.45) is 5.44. The number of rotatable bonds is 8. The molecular formula is C20H26FNO3. The van der Waals surface area contributed by atoms with Crippen molar-refractivity contribution in [1.82, 2.24) is 0 Å². The summed E-state index contributed by atoms with van der Waals surface area (Å²) in [5, 5.41) is 12.7. The number of carbonyl (C=O) groups is 1. The van der Waals surface area contributed by atoms with Gasteiger partial charge in [-0.05, 0) is 31.1 Å². The molecule has 0 saturated carbocycles. The highest BCUT2D eigenvalue weighted by atomic mass is 19.1. The molecule has 0 saturated heterocycles. The smallest absolute Gasteiger partial charge is 0.335 e. The van der Waals surface area contributed by atoms with Crippen molar-refractivity contribution in [3.63, 3.8) is 0 Å². The number of allylic oxidation sites excluding steroid dienone is 4. The summed E-state index contributed by atoms with van der Waals surface area (Å²) in [5.41, 5.74) is 1.32. The van der Waals surface area contributed by atoms with E-state index in [9.17, 15) is 9.18 Å². The number of oxime groups is 1. The number of hydrogen-bond acceptors (Lipinski definition) is 3. The summed E-state index contributed by atoms with van der Waals surface area (Å²) < 4.78 is 13.5. The largest absolute Gasteiger partial charge is 0.478 e. The molecule has 0 atom stereocenters. The van der Waals surface area contributed by atoms with Gasteiger partial charge in [-0.15, -0.1) is 0 Å². The number of aromatic carboxylic acids is 1. The Hall–Kier alpha value is -2.69. The molecule has 4 nitrogen and oxygen atoms in total. The first-order valence-electron chi connectivity index (χ1n) is 8.20. The zero-order chi connectivity index (χ0) is 19.2. The Bertz CT molecular complexity index is 661. The van der Waals surface area contributed by atoms with Crippen molar-refractivity contribution in [2.75, 3.05) is 0 Å². The molecule has 0 aliphatic rings. The normalized spacial score (nSPS) is 11.7. The second-order valence-corrected chi connectivity index (χ2v) is 4.73. The van der Waals surface area contributed by atoms with E-state index >= 15 is 0 Å². The lowest BCUT2D eigenvalue weighted by atomic mass is 10.1. The molecule has 0 spiro atoms. The van der Waals surface area contributed by atoms with Gasteiger partial charge in [-0.1, -0.05) is 56.8 Å². The van der Waals surface area contributed by atoms with Gasteiger partial charge in [0, 0.05) is 12.0 Å². The van der Waals surface area contributed by atoms with E-state index in [-0.39, 0.29) is 23.6 Å². The first-order chi connectivity index (χ1) is 12.0. The molecule has 136 valence electrons. The third-order valence-electron chi connectivity index (χ3n) is 2.98. The van der Waals surface area contributed by atoms with Gasteiger partial charge in [-0.2, -0.15) is 0 Å². The average Bonchev–Trinajstić information content (AvgIpc) is 2.62. The van der Waals surface area contributed by atoms with Gasteiger partial charge in [0.2, 0.25) is 0 Å². The molecule has 0 radical (unpaired) electrons. The summed E-state index contributed by atoms with van der Waals surface area (Å²) in [5.74, 6) is -1.04. The second-order valence-electron chi connectivity index (χ2n) is 4.73. The molecule has 25 heavy (non-hydrogen) atoms. The molecule has 5 heteroatoms. The van der Waals surface area contributed by atoms with Crippen LogP contribution < -0.4 is 0 Å². The summed E-state index contributed by atoms with van der Waals surface area (Å²) in [6.45, 7) is 11.4. The van der Waals surface area contributed by atoms with E-state index in [1.165, 1.54) is 24.4 Å². The number of carboxylic acid groups (broad SMARTS) is 1. The Morgan fingerprint density at radius 1 is 1.36 bits per heavy atom. The predicted molar refractivity (Wildman–Crippen MR) is 101 cm³/mol. The minimum absolute atomic E-state index is 0.136. The maximum Gasteiger partial charge on any atom is 0.335 e. The number of hydrogen-bond donors (Lipinski definition) is 1. The Morgan fingerprint density at radius 2 is 2.00 bits per heavy atom. The Labute approximate surface area is 149 Å². The quantitative estimate of drug-likeness (QED) is 0.357. The summed E-state index contributed by atoms with van der Waals surface area (Å²) in [4.78, 5) is 16.1. The van der Waals surface area contributed by atoms with Crippen molar-refractivity contribution >= 4 is 17.9 Å². The van der Waals surface area contributed by atoms with Gasteiger partial charge in [-0.25, -0.2) is 9.18 Å². The number of carboxylic acids is 1. The number of nitrogens with zero attached hydrogens (tertiary/aromatic N) is 1. The summed E-state index contributed by atoms with van der Waals surface area (Å²) in [6, 6.07) is 6.19. The predicted octanol–water partition coefficient (Wildman–Crippen LogP) is 5.98. The van der Waals surface area contributed by atoms with Crippen molar-refractivity contribution in [3.8, 4) is 0 Å². The van der Waals surface area contributed by atoms with Crippen LogP contribution in [-0.2, 0) is 4.84 Å². The lowest BCUT2D eigenvalue weighted by Gasteiger charge is -2.04. The van der Waals surface area contributed by atoms with Crippen LogP contribution in [0.5, 0.6) is 0 Å². The van der Waals surface area contributed by atoms with Crippen LogP contribution in [0.25, 0.3) is 5.76 Å². The maximum atomic E-state index is 13.5.